The summed E-state index contributed by atoms with van der Waals surface area (Å²) in [4.78, 5) is 0. The smallest absolute Gasteiger partial charge is 0.0738 e. The van der Waals surface area contributed by atoms with Crippen molar-refractivity contribution in [1.82, 2.24) is 0 Å². The van der Waals surface area contributed by atoms with Crippen molar-refractivity contribution < 1.29 is 9.84 Å². The first-order valence-electron chi connectivity index (χ1n) is 3.25. The molecule has 0 spiro atoms. The van der Waals surface area contributed by atoms with Crippen molar-refractivity contribution in [2.24, 2.45) is 5.73 Å². The molecule has 1 rings (SSSR count). The first kappa shape index (κ1) is 6.99. The van der Waals surface area contributed by atoms with Gasteiger partial charge in [-0.3, -0.25) is 0 Å². The van der Waals surface area contributed by atoms with Crippen molar-refractivity contribution >= 4 is 0 Å². The Kier molecular flexibility index (Phi) is 2.05. The fourth-order valence-electron chi connectivity index (χ4n) is 0.969. The van der Waals surface area contributed by atoms with E-state index in [9.17, 15) is 0 Å². The van der Waals surface area contributed by atoms with E-state index >= 15 is 0 Å². The van der Waals surface area contributed by atoms with Gasteiger partial charge in [-0.05, 0) is 6.92 Å². The van der Waals surface area contributed by atoms with E-state index in [2.05, 4.69) is 0 Å². The van der Waals surface area contributed by atoms with Crippen LogP contribution < -0.4 is 5.73 Å². The highest BCUT2D eigenvalue weighted by molar-refractivity contribution is 4.78. The van der Waals surface area contributed by atoms with Gasteiger partial charge < -0.3 is 15.6 Å². The zero-order valence-corrected chi connectivity index (χ0v) is 5.58. The van der Waals surface area contributed by atoms with Gasteiger partial charge in [0.05, 0.1) is 24.9 Å². The molecule has 0 aromatic carbocycles. The Morgan fingerprint density at radius 1 is 1.67 bits per heavy atom. The molecule has 1 fully saturated rings. The summed E-state index contributed by atoms with van der Waals surface area (Å²) in [5.41, 5.74) is 5.47. The maximum absolute atomic E-state index is 9.14. The predicted octanol–water partition coefficient (Wildman–Crippen LogP) is -0.517. The SMILES string of the molecule is C[C@H]1C[C@H](O)[C@@H](N)CO1. The van der Waals surface area contributed by atoms with Crippen molar-refractivity contribution in [3.63, 3.8) is 0 Å². The molecule has 3 N–H and O–H groups in total. The lowest BCUT2D eigenvalue weighted by Crippen LogP contribution is -2.45. The lowest BCUT2D eigenvalue weighted by molar-refractivity contribution is -0.0480. The van der Waals surface area contributed by atoms with Gasteiger partial charge in [0.2, 0.25) is 0 Å². The Labute approximate surface area is 54.8 Å². The zero-order chi connectivity index (χ0) is 6.85. The maximum atomic E-state index is 9.14. The third kappa shape index (κ3) is 1.64. The molecule has 0 aromatic rings. The summed E-state index contributed by atoms with van der Waals surface area (Å²) in [6.07, 6.45) is 0.467. The lowest BCUT2D eigenvalue weighted by atomic mass is 10.0. The third-order valence-corrected chi connectivity index (χ3v) is 1.64. The molecule has 0 amide bonds. The second-order valence-electron chi connectivity index (χ2n) is 2.61. The van der Waals surface area contributed by atoms with Gasteiger partial charge in [-0.2, -0.15) is 0 Å². The van der Waals surface area contributed by atoms with E-state index in [1.54, 1.807) is 0 Å². The Balaban J connectivity index is 2.35. The number of rotatable bonds is 0. The summed E-state index contributed by atoms with van der Waals surface area (Å²) in [5, 5.41) is 9.14. The Morgan fingerprint density at radius 2 is 2.33 bits per heavy atom. The first-order chi connectivity index (χ1) is 4.20. The summed E-state index contributed by atoms with van der Waals surface area (Å²) < 4.78 is 5.18. The number of aliphatic hydroxyl groups is 1. The van der Waals surface area contributed by atoms with Gasteiger partial charge >= 0.3 is 0 Å². The normalized spacial score (nSPS) is 45.0. The van der Waals surface area contributed by atoms with Crippen LogP contribution in [0.5, 0.6) is 0 Å². The summed E-state index contributed by atoms with van der Waals surface area (Å²) in [7, 11) is 0. The number of ether oxygens (including phenoxy) is 1. The monoisotopic (exact) mass is 131 g/mol. The third-order valence-electron chi connectivity index (χ3n) is 1.64. The van der Waals surface area contributed by atoms with Gasteiger partial charge in [0.1, 0.15) is 0 Å². The summed E-state index contributed by atoms with van der Waals surface area (Å²) in [6.45, 7) is 2.43. The largest absolute Gasteiger partial charge is 0.391 e. The zero-order valence-electron chi connectivity index (χ0n) is 5.58. The van der Waals surface area contributed by atoms with Crippen LogP contribution in [0.15, 0.2) is 0 Å². The molecule has 3 nitrogen and oxygen atoms in total. The molecule has 0 aromatic heterocycles. The van der Waals surface area contributed by atoms with Gasteiger partial charge in [0, 0.05) is 6.42 Å². The van der Waals surface area contributed by atoms with Crippen molar-refractivity contribution in [2.75, 3.05) is 6.61 Å². The highest BCUT2D eigenvalue weighted by Crippen LogP contribution is 2.11. The maximum Gasteiger partial charge on any atom is 0.0738 e. The molecule has 1 aliphatic rings. The van der Waals surface area contributed by atoms with Crippen LogP contribution in [0.4, 0.5) is 0 Å². The molecule has 0 bridgehead atoms. The van der Waals surface area contributed by atoms with Crippen LogP contribution in [-0.2, 0) is 4.74 Å². The van der Waals surface area contributed by atoms with Crippen LogP contribution in [-0.4, -0.2) is 30.0 Å². The van der Waals surface area contributed by atoms with Crippen LogP contribution in [0.3, 0.4) is 0 Å². The molecular weight excluding hydrogens is 118 g/mol. The number of hydrogen-bond donors (Lipinski definition) is 2. The average molecular weight is 131 g/mol. The topological polar surface area (TPSA) is 55.5 Å². The van der Waals surface area contributed by atoms with E-state index < -0.39 is 0 Å². The summed E-state index contributed by atoms with van der Waals surface area (Å²) >= 11 is 0. The van der Waals surface area contributed by atoms with E-state index in [0.29, 0.717) is 13.0 Å². The Morgan fingerprint density at radius 3 is 2.78 bits per heavy atom. The van der Waals surface area contributed by atoms with Crippen LogP contribution in [0.25, 0.3) is 0 Å². The van der Waals surface area contributed by atoms with Crippen molar-refractivity contribution in [3.8, 4) is 0 Å². The number of aliphatic hydroxyl groups excluding tert-OH is 1. The molecule has 0 saturated carbocycles. The van der Waals surface area contributed by atoms with Gasteiger partial charge in [-0.25, -0.2) is 0 Å². The molecule has 0 aliphatic carbocycles. The average Bonchev–Trinajstić information content (AvgIpc) is 1.80. The van der Waals surface area contributed by atoms with Gasteiger partial charge in [0.15, 0.2) is 0 Å². The summed E-state index contributed by atoms with van der Waals surface area (Å²) in [5.74, 6) is 0. The van der Waals surface area contributed by atoms with Gasteiger partial charge in [0.25, 0.3) is 0 Å². The fourth-order valence-corrected chi connectivity index (χ4v) is 0.969. The van der Waals surface area contributed by atoms with E-state index in [1.165, 1.54) is 0 Å². The minimum Gasteiger partial charge on any atom is -0.391 e. The highest BCUT2D eigenvalue weighted by Gasteiger charge is 2.23. The van der Waals surface area contributed by atoms with E-state index in [-0.39, 0.29) is 18.2 Å². The molecule has 9 heavy (non-hydrogen) atoms. The minimum atomic E-state index is -0.367. The number of hydrogen-bond acceptors (Lipinski definition) is 3. The van der Waals surface area contributed by atoms with Gasteiger partial charge in [-0.15, -0.1) is 0 Å². The molecule has 0 unspecified atom stereocenters. The quantitative estimate of drug-likeness (QED) is 0.465. The van der Waals surface area contributed by atoms with Crippen molar-refractivity contribution in [1.29, 1.82) is 0 Å². The second kappa shape index (κ2) is 2.64. The van der Waals surface area contributed by atoms with E-state index in [0.717, 1.165) is 0 Å². The lowest BCUT2D eigenvalue weighted by Gasteiger charge is -2.28. The molecule has 3 atom stereocenters. The number of nitrogens with two attached hydrogens (primary N) is 1. The first-order valence-corrected chi connectivity index (χ1v) is 3.25. The standard InChI is InChI=1S/C6H13NO2/c1-4-2-6(8)5(7)3-9-4/h4-6,8H,2-3,7H2,1H3/t4-,5-,6-/m0/s1. The predicted molar refractivity (Wildman–Crippen MR) is 34.0 cm³/mol. The molecule has 1 saturated heterocycles. The Hall–Kier alpha value is -0.120. The van der Waals surface area contributed by atoms with Crippen molar-refractivity contribution in [2.45, 2.75) is 31.6 Å². The van der Waals surface area contributed by atoms with Gasteiger partial charge in [-0.1, -0.05) is 0 Å². The minimum absolute atomic E-state index is 0.166. The second-order valence-corrected chi connectivity index (χ2v) is 2.61. The molecule has 1 aliphatic heterocycles. The molecule has 1 heterocycles. The molecule has 0 radical (unpaired) electrons. The van der Waals surface area contributed by atoms with Crippen LogP contribution in [0.1, 0.15) is 13.3 Å². The van der Waals surface area contributed by atoms with Crippen LogP contribution in [0, 0.1) is 0 Å². The fraction of sp³-hybridized carbons (Fsp3) is 1.00. The van der Waals surface area contributed by atoms with Crippen LogP contribution in [0.2, 0.25) is 0 Å². The Bertz CT molecular complexity index is 97.1. The highest BCUT2D eigenvalue weighted by atomic mass is 16.5. The van der Waals surface area contributed by atoms with Crippen LogP contribution >= 0.6 is 0 Å². The molecular formula is C6H13NO2. The van der Waals surface area contributed by atoms with E-state index in [4.69, 9.17) is 15.6 Å². The van der Waals surface area contributed by atoms with Crippen molar-refractivity contribution in [3.05, 3.63) is 0 Å². The summed E-state index contributed by atoms with van der Waals surface area (Å²) in [6, 6.07) is -0.179. The molecule has 54 valence electrons. The molecule has 3 heteroatoms. The van der Waals surface area contributed by atoms with E-state index in [1.807, 2.05) is 6.92 Å².